The minimum absolute atomic E-state index is 0. The zero-order chi connectivity index (χ0) is 17.1. The number of carbonyl (C=O) groups excluding carboxylic acids is 1. The molecule has 5 nitrogen and oxygen atoms in total. The van der Waals surface area contributed by atoms with Gasteiger partial charge < -0.3 is 10.6 Å². The van der Waals surface area contributed by atoms with Crippen LogP contribution in [0.2, 0.25) is 0 Å². The second-order valence-corrected chi connectivity index (χ2v) is 6.75. The fraction of sp³-hybridized carbons (Fsp3) is 0.474. The van der Waals surface area contributed by atoms with Crippen LogP contribution in [0.15, 0.2) is 30.3 Å². The summed E-state index contributed by atoms with van der Waals surface area (Å²) in [4.78, 5) is 12.4. The molecule has 0 aliphatic carbocycles. The smallest absolute Gasteiger partial charge is 0.251 e. The van der Waals surface area contributed by atoms with Gasteiger partial charge in [0.2, 0.25) is 0 Å². The number of hydrogen-bond acceptors (Lipinski definition) is 3. The van der Waals surface area contributed by atoms with Crippen molar-refractivity contribution < 1.29 is 4.79 Å². The van der Waals surface area contributed by atoms with E-state index in [1.54, 1.807) is 0 Å². The molecule has 2 unspecified atom stereocenters. The first-order chi connectivity index (χ1) is 11.5. The lowest BCUT2D eigenvalue weighted by Gasteiger charge is -2.30. The highest BCUT2D eigenvalue weighted by atomic mass is 35.5. The van der Waals surface area contributed by atoms with Gasteiger partial charge in [0.15, 0.2) is 0 Å². The Morgan fingerprint density at radius 2 is 2.04 bits per heavy atom. The number of hydrogen-bond donors (Lipinski definition) is 2. The zero-order valence-corrected chi connectivity index (χ0v) is 15.9. The van der Waals surface area contributed by atoms with Crippen LogP contribution in [0.1, 0.15) is 47.1 Å². The molecule has 1 amide bonds. The number of aryl methyl sites for hydroxylation is 2. The quantitative estimate of drug-likeness (QED) is 0.879. The normalized spacial score (nSPS) is 20.0. The van der Waals surface area contributed by atoms with Crippen LogP contribution in [-0.4, -0.2) is 34.3 Å². The molecule has 0 bridgehead atoms. The average molecular weight is 363 g/mol. The third kappa shape index (κ3) is 4.83. The van der Waals surface area contributed by atoms with Crippen molar-refractivity contribution in [2.75, 3.05) is 6.54 Å². The van der Waals surface area contributed by atoms with Gasteiger partial charge in [0.1, 0.15) is 0 Å². The van der Waals surface area contributed by atoms with Crippen molar-refractivity contribution in [1.29, 1.82) is 0 Å². The van der Waals surface area contributed by atoms with Crippen LogP contribution >= 0.6 is 12.4 Å². The molecular formula is C19H27ClN4O. The number of rotatable bonds is 4. The highest BCUT2D eigenvalue weighted by Gasteiger charge is 2.22. The Bertz CT molecular complexity index is 711. The monoisotopic (exact) mass is 362 g/mol. The standard InChI is InChI=1S/C19H26N4O.ClH/c1-13-11-14(2)23(22-13)12-16-6-8-17(9-7-16)19(24)21-18-5-4-10-20-15(18)3;/h6-9,11,15,18,20H,4-5,10,12H2,1-3H3,(H,21,24);1H. The van der Waals surface area contributed by atoms with Crippen molar-refractivity contribution in [2.45, 2.75) is 52.2 Å². The number of halogens is 1. The first-order valence-electron chi connectivity index (χ1n) is 8.67. The van der Waals surface area contributed by atoms with E-state index >= 15 is 0 Å². The Morgan fingerprint density at radius 1 is 1.32 bits per heavy atom. The van der Waals surface area contributed by atoms with Gasteiger partial charge >= 0.3 is 0 Å². The summed E-state index contributed by atoms with van der Waals surface area (Å²) in [6.45, 7) is 7.94. The molecule has 0 saturated carbocycles. The second-order valence-electron chi connectivity index (χ2n) is 6.75. The van der Waals surface area contributed by atoms with Gasteiger partial charge in [0.05, 0.1) is 12.2 Å². The molecule has 2 heterocycles. The van der Waals surface area contributed by atoms with Crippen molar-refractivity contribution in [2.24, 2.45) is 0 Å². The predicted octanol–water partition coefficient (Wildman–Crippen LogP) is 2.84. The molecule has 1 fully saturated rings. The van der Waals surface area contributed by atoms with Crippen LogP contribution in [0.4, 0.5) is 0 Å². The van der Waals surface area contributed by atoms with Crippen LogP contribution in [0.25, 0.3) is 0 Å². The van der Waals surface area contributed by atoms with Crippen molar-refractivity contribution in [3.63, 3.8) is 0 Å². The molecule has 1 aliphatic heterocycles. The number of piperidine rings is 1. The van der Waals surface area contributed by atoms with Gasteiger partial charge in [-0.05, 0) is 63.9 Å². The summed E-state index contributed by atoms with van der Waals surface area (Å²) in [5.74, 6) is 0.00761. The van der Waals surface area contributed by atoms with E-state index < -0.39 is 0 Å². The first-order valence-corrected chi connectivity index (χ1v) is 8.67. The molecule has 136 valence electrons. The van der Waals surface area contributed by atoms with E-state index in [1.807, 2.05) is 35.9 Å². The van der Waals surface area contributed by atoms with Crippen LogP contribution in [0, 0.1) is 13.8 Å². The average Bonchev–Trinajstić information content (AvgIpc) is 2.88. The van der Waals surface area contributed by atoms with E-state index in [0.29, 0.717) is 11.6 Å². The highest BCUT2D eigenvalue weighted by molar-refractivity contribution is 5.94. The SMILES string of the molecule is Cc1cc(C)n(Cc2ccc(C(=O)NC3CCCNC3C)cc2)n1.Cl. The van der Waals surface area contributed by atoms with Gasteiger partial charge in [-0.2, -0.15) is 5.10 Å². The Balaban J connectivity index is 0.00000225. The molecule has 0 radical (unpaired) electrons. The minimum Gasteiger partial charge on any atom is -0.348 e. The van der Waals surface area contributed by atoms with Crippen LogP contribution in [-0.2, 0) is 6.54 Å². The summed E-state index contributed by atoms with van der Waals surface area (Å²) in [5.41, 5.74) is 4.03. The summed E-state index contributed by atoms with van der Waals surface area (Å²) in [6.07, 6.45) is 2.15. The Morgan fingerprint density at radius 3 is 2.64 bits per heavy atom. The fourth-order valence-electron chi connectivity index (χ4n) is 3.26. The number of nitrogens with zero attached hydrogens (tertiary/aromatic N) is 2. The van der Waals surface area contributed by atoms with Gasteiger partial charge in [0, 0.05) is 23.3 Å². The molecule has 2 aromatic rings. The van der Waals surface area contributed by atoms with Gasteiger partial charge in [-0.25, -0.2) is 0 Å². The van der Waals surface area contributed by atoms with Gasteiger partial charge in [0.25, 0.3) is 5.91 Å². The van der Waals surface area contributed by atoms with Crippen LogP contribution in [0.3, 0.4) is 0 Å². The van der Waals surface area contributed by atoms with E-state index in [4.69, 9.17) is 0 Å². The third-order valence-corrected chi connectivity index (χ3v) is 4.73. The summed E-state index contributed by atoms with van der Waals surface area (Å²) in [5, 5.41) is 11.0. The lowest BCUT2D eigenvalue weighted by molar-refractivity contribution is 0.0920. The zero-order valence-electron chi connectivity index (χ0n) is 15.1. The summed E-state index contributed by atoms with van der Waals surface area (Å²) in [6, 6.07) is 10.4. The molecule has 1 aromatic carbocycles. The largest absolute Gasteiger partial charge is 0.348 e. The lowest BCUT2D eigenvalue weighted by Crippen LogP contribution is -2.51. The summed E-state index contributed by atoms with van der Waals surface area (Å²) in [7, 11) is 0. The van der Waals surface area contributed by atoms with Crippen molar-refractivity contribution >= 4 is 18.3 Å². The molecule has 3 rings (SSSR count). The van der Waals surface area contributed by atoms with Crippen molar-refractivity contribution in [3.05, 3.63) is 52.8 Å². The lowest BCUT2D eigenvalue weighted by atomic mass is 9.99. The van der Waals surface area contributed by atoms with Crippen molar-refractivity contribution in [3.8, 4) is 0 Å². The highest BCUT2D eigenvalue weighted by Crippen LogP contribution is 2.12. The number of benzene rings is 1. The maximum atomic E-state index is 12.4. The molecule has 1 aromatic heterocycles. The topological polar surface area (TPSA) is 59.0 Å². The number of carbonyl (C=O) groups is 1. The number of amides is 1. The number of aromatic nitrogens is 2. The molecule has 2 N–H and O–H groups in total. The van der Waals surface area contributed by atoms with E-state index in [2.05, 4.69) is 35.6 Å². The third-order valence-electron chi connectivity index (χ3n) is 4.73. The van der Waals surface area contributed by atoms with Gasteiger partial charge in [-0.3, -0.25) is 9.48 Å². The molecule has 0 spiro atoms. The van der Waals surface area contributed by atoms with E-state index in [9.17, 15) is 4.79 Å². The maximum absolute atomic E-state index is 12.4. The van der Waals surface area contributed by atoms with Crippen LogP contribution in [0.5, 0.6) is 0 Å². The minimum atomic E-state index is 0. The molecular weight excluding hydrogens is 336 g/mol. The molecule has 25 heavy (non-hydrogen) atoms. The van der Waals surface area contributed by atoms with E-state index in [-0.39, 0.29) is 24.4 Å². The second kappa shape index (κ2) is 8.50. The maximum Gasteiger partial charge on any atom is 0.251 e. The predicted molar refractivity (Wildman–Crippen MR) is 102 cm³/mol. The van der Waals surface area contributed by atoms with E-state index in [1.165, 1.54) is 0 Å². The molecule has 1 saturated heterocycles. The van der Waals surface area contributed by atoms with Crippen LogP contribution < -0.4 is 10.6 Å². The first kappa shape index (κ1) is 19.5. The number of nitrogens with one attached hydrogen (secondary N) is 2. The summed E-state index contributed by atoms with van der Waals surface area (Å²) < 4.78 is 1.99. The van der Waals surface area contributed by atoms with E-state index in [0.717, 1.165) is 42.9 Å². The molecule has 1 aliphatic rings. The Kier molecular flexibility index (Phi) is 6.62. The Hall–Kier alpha value is -1.85. The van der Waals surface area contributed by atoms with Gasteiger partial charge in [-0.15, -0.1) is 12.4 Å². The fourth-order valence-corrected chi connectivity index (χ4v) is 3.26. The summed E-state index contributed by atoms with van der Waals surface area (Å²) >= 11 is 0. The Labute approximate surface area is 155 Å². The molecule has 6 heteroatoms. The van der Waals surface area contributed by atoms with Crippen molar-refractivity contribution in [1.82, 2.24) is 20.4 Å². The molecule has 2 atom stereocenters. The van der Waals surface area contributed by atoms with Gasteiger partial charge in [-0.1, -0.05) is 12.1 Å².